The zero-order chi connectivity index (χ0) is 8.93. The first-order valence-corrected chi connectivity index (χ1v) is 5.39. The smallest absolute Gasteiger partial charge is 0.0700 e. The Hall–Kier alpha value is -0.120. The van der Waals surface area contributed by atoms with Gasteiger partial charge in [0.25, 0.3) is 0 Å². The monoisotopic (exact) mass is 185 g/mol. The van der Waals surface area contributed by atoms with Gasteiger partial charge in [-0.1, -0.05) is 0 Å². The molecule has 0 aromatic heterocycles. The maximum Gasteiger partial charge on any atom is 0.0700 e. The van der Waals surface area contributed by atoms with Crippen LogP contribution in [0.4, 0.5) is 0 Å². The highest BCUT2D eigenvalue weighted by atomic mass is 16.5. The Morgan fingerprint density at radius 1 is 0.923 bits per heavy atom. The molecule has 3 heteroatoms. The third-order valence-electron chi connectivity index (χ3n) is 2.79. The minimum absolute atomic E-state index is 0.460. The van der Waals surface area contributed by atoms with Gasteiger partial charge < -0.3 is 14.8 Å². The van der Waals surface area contributed by atoms with Crippen molar-refractivity contribution >= 4 is 0 Å². The van der Waals surface area contributed by atoms with Gasteiger partial charge in [-0.2, -0.15) is 0 Å². The van der Waals surface area contributed by atoms with Crippen molar-refractivity contribution < 1.29 is 9.47 Å². The van der Waals surface area contributed by atoms with Crippen molar-refractivity contribution in [3.8, 4) is 0 Å². The van der Waals surface area contributed by atoms with Crippen LogP contribution < -0.4 is 5.32 Å². The summed E-state index contributed by atoms with van der Waals surface area (Å²) in [4.78, 5) is 0. The van der Waals surface area contributed by atoms with Crippen molar-refractivity contribution in [1.82, 2.24) is 5.32 Å². The van der Waals surface area contributed by atoms with E-state index in [2.05, 4.69) is 5.32 Å². The van der Waals surface area contributed by atoms with Gasteiger partial charge >= 0.3 is 0 Å². The third-order valence-corrected chi connectivity index (χ3v) is 2.79. The fourth-order valence-electron chi connectivity index (χ4n) is 2.02. The molecule has 0 radical (unpaired) electrons. The van der Waals surface area contributed by atoms with Gasteiger partial charge in [-0.3, -0.25) is 0 Å². The molecular weight excluding hydrogens is 166 g/mol. The van der Waals surface area contributed by atoms with E-state index in [1.54, 1.807) is 0 Å². The van der Waals surface area contributed by atoms with Crippen LogP contribution >= 0.6 is 0 Å². The van der Waals surface area contributed by atoms with Crippen molar-refractivity contribution in [3.05, 3.63) is 0 Å². The molecule has 2 aliphatic rings. The molecule has 13 heavy (non-hydrogen) atoms. The molecule has 2 atom stereocenters. The van der Waals surface area contributed by atoms with Gasteiger partial charge in [0, 0.05) is 26.3 Å². The van der Waals surface area contributed by atoms with E-state index < -0.39 is 0 Å². The van der Waals surface area contributed by atoms with Crippen molar-refractivity contribution in [2.45, 2.75) is 37.9 Å². The Kier molecular flexibility index (Phi) is 3.58. The Morgan fingerprint density at radius 3 is 1.85 bits per heavy atom. The molecule has 0 bridgehead atoms. The van der Waals surface area contributed by atoms with Crippen LogP contribution in [-0.4, -0.2) is 38.5 Å². The summed E-state index contributed by atoms with van der Waals surface area (Å²) in [6.45, 7) is 3.90. The number of hydrogen-bond donors (Lipinski definition) is 1. The summed E-state index contributed by atoms with van der Waals surface area (Å²) < 4.78 is 11.0. The van der Waals surface area contributed by atoms with Gasteiger partial charge in [0.15, 0.2) is 0 Å². The summed E-state index contributed by atoms with van der Waals surface area (Å²) in [6.07, 6.45) is 5.82. The van der Waals surface area contributed by atoms with Crippen LogP contribution in [0.25, 0.3) is 0 Å². The molecule has 2 heterocycles. The van der Waals surface area contributed by atoms with Crippen LogP contribution in [0.1, 0.15) is 25.7 Å². The van der Waals surface area contributed by atoms with Crippen molar-refractivity contribution in [2.24, 2.45) is 0 Å². The fourth-order valence-corrected chi connectivity index (χ4v) is 2.02. The normalized spacial score (nSPS) is 34.2. The summed E-state index contributed by atoms with van der Waals surface area (Å²) in [6, 6.07) is 0. The van der Waals surface area contributed by atoms with Crippen molar-refractivity contribution in [3.63, 3.8) is 0 Å². The highest BCUT2D eigenvalue weighted by Gasteiger charge is 2.17. The molecule has 1 N–H and O–H groups in total. The minimum Gasteiger partial charge on any atom is -0.377 e. The summed E-state index contributed by atoms with van der Waals surface area (Å²) in [7, 11) is 0. The van der Waals surface area contributed by atoms with Crippen LogP contribution in [0, 0.1) is 0 Å². The molecule has 0 amide bonds. The van der Waals surface area contributed by atoms with Crippen LogP contribution in [0.2, 0.25) is 0 Å². The second-order valence-electron chi connectivity index (χ2n) is 3.93. The molecule has 76 valence electrons. The van der Waals surface area contributed by atoms with Gasteiger partial charge in [0.05, 0.1) is 12.2 Å². The van der Waals surface area contributed by atoms with Crippen LogP contribution in [0.3, 0.4) is 0 Å². The summed E-state index contributed by atoms with van der Waals surface area (Å²) in [5.74, 6) is 0. The minimum atomic E-state index is 0.460. The van der Waals surface area contributed by atoms with Gasteiger partial charge in [0.2, 0.25) is 0 Å². The molecule has 0 spiro atoms. The molecule has 2 aliphatic heterocycles. The number of rotatable bonds is 4. The fraction of sp³-hybridized carbons (Fsp3) is 1.00. The van der Waals surface area contributed by atoms with Gasteiger partial charge in [0.1, 0.15) is 0 Å². The predicted octanol–water partition coefficient (Wildman–Crippen LogP) is 0.934. The molecule has 0 aliphatic carbocycles. The molecule has 2 saturated heterocycles. The summed E-state index contributed by atoms with van der Waals surface area (Å²) in [5.41, 5.74) is 0. The van der Waals surface area contributed by atoms with Crippen LogP contribution in [0.15, 0.2) is 0 Å². The zero-order valence-corrected chi connectivity index (χ0v) is 8.13. The molecule has 3 nitrogen and oxygen atoms in total. The average molecular weight is 185 g/mol. The zero-order valence-electron chi connectivity index (χ0n) is 8.13. The lowest BCUT2D eigenvalue weighted by atomic mass is 10.2. The highest BCUT2D eigenvalue weighted by molar-refractivity contribution is 4.71. The Balaban J connectivity index is 1.52. The van der Waals surface area contributed by atoms with E-state index in [0.717, 1.165) is 26.3 Å². The van der Waals surface area contributed by atoms with Gasteiger partial charge in [-0.15, -0.1) is 0 Å². The molecule has 2 fully saturated rings. The van der Waals surface area contributed by atoms with Crippen LogP contribution in [0.5, 0.6) is 0 Å². The standard InChI is InChI=1S/C10H19NO2/c1-3-9(12-5-1)7-11-8-10-4-2-6-13-10/h9-11H,1-8H2/t9-,10-/m0/s1. The van der Waals surface area contributed by atoms with E-state index in [4.69, 9.17) is 9.47 Å². The van der Waals surface area contributed by atoms with Crippen molar-refractivity contribution in [2.75, 3.05) is 26.3 Å². The predicted molar refractivity (Wildman–Crippen MR) is 50.8 cm³/mol. The average Bonchev–Trinajstić information content (AvgIpc) is 2.75. The van der Waals surface area contributed by atoms with E-state index in [9.17, 15) is 0 Å². The SMILES string of the molecule is C1CO[C@H](CNC[C@@H]2CCCO2)C1. The lowest BCUT2D eigenvalue weighted by molar-refractivity contribution is 0.0907. The first kappa shape index (κ1) is 9.44. The van der Waals surface area contributed by atoms with Crippen molar-refractivity contribution in [1.29, 1.82) is 0 Å². The van der Waals surface area contributed by atoms with E-state index >= 15 is 0 Å². The maximum absolute atomic E-state index is 5.51. The van der Waals surface area contributed by atoms with Gasteiger partial charge in [-0.25, -0.2) is 0 Å². The molecule has 0 unspecified atom stereocenters. The largest absolute Gasteiger partial charge is 0.377 e. The number of nitrogens with one attached hydrogen (secondary N) is 1. The van der Waals surface area contributed by atoms with Crippen LogP contribution in [-0.2, 0) is 9.47 Å². The Labute approximate surface area is 79.8 Å². The van der Waals surface area contributed by atoms with E-state index in [1.807, 2.05) is 0 Å². The number of ether oxygens (including phenoxy) is 2. The van der Waals surface area contributed by atoms with Gasteiger partial charge in [-0.05, 0) is 25.7 Å². The molecule has 0 aromatic rings. The van der Waals surface area contributed by atoms with E-state index in [0.29, 0.717) is 12.2 Å². The maximum atomic E-state index is 5.51. The van der Waals surface area contributed by atoms with E-state index in [1.165, 1.54) is 25.7 Å². The Morgan fingerprint density at radius 2 is 1.46 bits per heavy atom. The number of hydrogen-bond acceptors (Lipinski definition) is 3. The first-order chi connectivity index (χ1) is 6.45. The summed E-state index contributed by atoms with van der Waals surface area (Å²) in [5, 5.41) is 3.42. The molecular formula is C10H19NO2. The topological polar surface area (TPSA) is 30.5 Å². The second-order valence-corrected chi connectivity index (χ2v) is 3.93. The molecule has 0 saturated carbocycles. The van der Waals surface area contributed by atoms with E-state index in [-0.39, 0.29) is 0 Å². The second kappa shape index (κ2) is 4.94. The molecule has 0 aromatic carbocycles. The lowest BCUT2D eigenvalue weighted by Gasteiger charge is -2.13. The first-order valence-electron chi connectivity index (χ1n) is 5.39. The third kappa shape index (κ3) is 2.93. The quantitative estimate of drug-likeness (QED) is 0.707. The molecule has 2 rings (SSSR count). The highest BCUT2D eigenvalue weighted by Crippen LogP contribution is 2.12. The lowest BCUT2D eigenvalue weighted by Crippen LogP contribution is -2.32. The Bertz CT molecular complexity index is 124. The summed E-state index contributed by atoms with van der Waals surface area (Å²) >= 11 is 0.